The van der Waals surface area contributed by atoms with Crippen LogP contribution in [0.3, 0.4) is 0 Å². The fourth-order valence-electron chi connectivity index (χ4n) is 1.32. The highest BCUT2D eigenvalue weighted by molar-refractivity contribution is 6.28. The average Bonchev–Trinajstić information content (AvgIpc) is 1.83. The van der Waals surface area contributed by atoms with Crippen molar-refractivity contribution in [2.45, 2.75) is 30.8 Å². The predicted octanol–water partition coefficient (Wildman–Crippen LogP) is -1.61. The molecule has 0 radical (unpaired) electrons. The Balaban J connectivity index is 2.70. The average molecular weight is 141 g/mol. The van der Waals surface area contributed by atoms with Crippen LogP contribution in [0.5, 0.6) is 0 Å². The van der Waals surface area contributed by atoms with Gasteiger partial charge in [-0.25, -0.2) is 0 Å². The van der Waals surface area contributed by atoms with E-state index in [1.54, 1.807) is 0 Å². The van der Waals surface area contributed by atoms with Gasteiger partial charge in [0.05, 0.1) is 11.5 Å². The van der Waals surface area contributed by atoms with E-state index in [2.05, 4.69) is 0 Å². The van der Waals surface area contributed by atoms with Crippen LogP contribution in [0.4, 0.5) is 0 Å². The minimum atomic E-state index is -1.16. The molecule has 0 aromatic rings. The van der Waals surface area contributed by atoms with Gasteiger partial charge in [-0.3, -0.25) is 4.79 Å². The number of hydrogen-bond acceptors (Lipinski definition) is 3. The molecule has 1 rings (SSSR count). The lowest BCUT2D eigenvalue weighted by atomic mass is 9.68. The summed E-state index contributed by atoms with van der Waals surface area (Å²) in [5, 5.41) is 9.38. The molecule has 4 heteroatoms. The maximum Gasteiger partial charge on any atom is 0.172 e. The van der Waals surface area contributed by atoms with Gasteiger partial charge in [0.15, 0.2) is 13.6 Å². The zero-order valence-corrected chi connectivity index (χ0v) is 6.13. The molecule has 2 atom stereocenters. The van der Waals surface area contributed by atoms with Gasteiger partial charge in [-0.15, -0.1) is 0 Å². The summed E-state index contributed by atoms with van der Waals surface area (Å²) >= 11 is 0. The van der Waals surface area contributed by atoms with E-state index in [0.29, 0.717) is 6.42 Å². The van der Waals surface area contributed by atoms with Crippen LogP contribution in [-0.2, 0) is 4.79 Å². The first-order chi connectivity index (χ1) is 4.54. The van der Waals surface area contributed by atoms with Crippen LogP contribution in [0.2, 0.25) is 0 Å². The Bertz CT molecular complexity index is 158. The number of ketones is 1. The second kappa shape index (κ2) is 2.36. The smallest absolute Gasteiger partial charge is 0.172 e. The van der Waals surface area contributed by atoms with Gasteiger partial charge in [0.1, 0.15) is 0 Å². The summed E-state index contributed by atoms with van der Waals surface area (Å²) in [6.07, 6.45) is 2.12. The molecule has 1 fully saturated rings. The molecule has 0 aromatic carbocycles. The number of carbonyl (C=O) groups is 1. The second-order valence-electron chi connectivity index (χ2n) is 3.14. The summed E-state index contributed by atoms with van der Waals surface area (Å²) in [6, 6.07) is -0.441. The molecule has 0 aromatic heterocycles. The van der Waals surface area contributed by atoms with Gasteiger partial charge < -0.3 is 10.8 Å². The van der Waals surface area contributed by atoms with Crippen LogP contribution in [-0.4, -0.2) is 30.3 Å². The van der Waals surface area contributed by atoms with Crippen molar-refractivity contribution in [2.75, 3.05) is 0 Å². The van der Waals surface area contributed by atoms with E-state index in [0.717, 1.165) is 12.8 Å². The van der Waals surface area contributed by atoms with Crippen molar-refractivity contribution < 1.29 is 9.90 Å². The van der Waals surface area contributed by atoms with Crippen molar-refractivity contribution in [3.05, 3.63) is 0 Å². The van der Waals surface area contributed by atoms with Gasteiger partial charge in [-0.2, -0.15) is 0 Å². The minimum Gasteiger partial charge on any atom is -0.391 e. The van der Waals surface area contributed by atoms with E-state index in [1.807, 2.05) is 0 Å². The molecular weight excluding hydrogens is 129 g/mol. The highest BCUT2D eigenvalue weighted by Crippen LogP contribution is 2.20. The van der Waals surface area contributed by atoms with E-state index in [1.165, 1.54) is 7.85 Å². The molecular formula is C6H12BNO2. The van der Waals surface area contributed by atoms with Crippen molar-refractivity contribution in [1.82, 2.24) is 0 Å². The summed E-state index contributed by atoms with van der Waals surface area (Å²) in [7, 11) is 1.54. The molecule has 56 valence electrons. The Morgan fingerprint density at radius 3 is 2.80 bits per heavy atom. The molecule has 1 aliphatic rings. The molecule has 0 spiro atoms. The Morgan fingerprint density at radius 2 is 2.40 bits per heavy atom. The Kier molecular flexibility index (Phi) is 1.83. The molecule has 0 amide bonds. The number of aliphatic hydroxyl groups is 1. The molecule has 0 aliphatic heterocycles. The Hall–Kier alpha value is -0.345. The Morgan fingerprint density at radius 1 is 1.80 bits per heavy atom. The van der Waals surface area contributed by atoms with Crippen LogP contribution in [0.1, 0.15) is 19.3 Å². The van der Waals surface area contributed by atoms with Crippen molar-refractivity contribution in [3.8, 4) is 0 Å². The van der Waals surface area contributed by atoms with Gasteiger partial charge in [-0.05, 0) is 19.3 Å². The summed E-state index contributed by atoms with van der Waals surface area (Å²) in [4.78, 5) is 11.1. The second-order valence-corrected chi connectivity index (χ2v) is 3.14. The highest BCUT2D eigenvalue weighted by atomic mass is 16.3. The van der Waals surface area contributed by atoms with Gasteiger partial charge in [0.25, 0.3) is 0 Å². The topological polar surface area (TPSA) is 63.3 Å². The molecule has 3 N–H and O–H groups in total. The SMILES string of the molecule is B[C@@]1(O)CCC[C@@H](N)C1=O. The van der Waals surface area contributed by atoms with Crippen molar-refractivity contribution in [1.29, 1.82) is 0 Å². The third-order valence-corrected chi connectivity index (χ3v) is 2.05. The van der Waals surface area contributed by atoms with Gasteiger partial charge in [0.2, 0.25) is 0 Å². The van der Waals surface area contributed by atoms with Crippen LogP contribution in [0.25, 0.3) is 0 Å². The van der Waals surface area contributed by atoms with E-state index in [4.69, 9.17) is 5.73 Å². The summed E-state index contributed by atoms with van der Waals surface area (Å²) in [6.45, 7) is 0. The number of Topliss-reactive ketones (excluding diaryl/α,β-unsaturated/α-hetero) is 1. The molecule has 0 heterocycles. The van der Waals surface area contributed by atoms with Crippen molar-refractivity contribution in [2.24, 2.45) is 5.73 Å². The van der Waals surface area contributed by atoms with Gasteiger partial charge in [-0.1, -0.05) is 0 Å². The first kappa shape index (κ1) is 7.76. The molecule has 3 nitrogen and oxygen atoms in total. The van der Waals surface area contributed by atoms with Crippen LogP contribution in [0, 0.1) is 0 Å². The zero-order chi connectivity index (χ0) is 7.78. The quantitative estimate of drug-likeness (QED) is 0.399. The molecule has 0 saturated heterocycles. The summed E-state index contributed by atoms with van der Waals surface area (Å²) < 4.78 is 0. The number of rotatable bonds is 0. The highest BCUT2D eigenvalue weighted by Gasteiger charge is 2.36. The lowest BCUT2D eigenvalue weighted by Crippen LogP contribution is -2.52. The Labute approximate surface area is 61.0 Å². The maximum atomic E-state index is 11.1. The first-order valence-corrected chi connectivity index (χ1v) is 3.56. The van der Waals surface area contributed by atoms with Gasteiger partial charge in [0, 0.05) is 0 Å². The molecule has 1 saturated carbocycles. The lowest BCUT2D eigenvalue weighted by Gasteiger charge is -2.30. The largest absolute Gasteiger partial charge is 0.391 e. The van der Waals surface area contributed by atoms with Crippen molar-refractivity contribution >= 4 is 13.6 Å². The van der Waals surface area contributed by atoms with E-state index in [-0.39, 0.29) is 5.78 Å². The van der Waals surface area contributed by atoms with E-state index >= 15 is 0 Å². The third-order valence-electron chi connectivity index (χ3n) is 2.05. The van der Waals surface area contributed by atoms with Crippen molar-refractivity contribution in [3.63, 3.8) is 0 Å². The van der Waals surface area contributed by atoms with Gasteiger partial charge >= 0.3 is 0 Å². The summed E-state index contributed by atoms with van der Waals surface area (Å²) in [5.74, 6) is -0.209. The van der Waals surface area contributed by atoms with E-state index < -0.39 is 11.5 Å². The molecule has 0 bridgehead atoms. The fraction of sp³-hybridized carbons (Fsp3) is 0.833. The number of nitrogens with two attached hydrogens (primary N) is 1. The summed E-state index contributed by atoms with van der Waals surface area (Å²) in [5.41, 5.74) is 4.29. The third kappa shape index (κ3) is 1.22. The standard InChI is InChI=1S/C6H12BNO2/c7-6(10)3-1-2-4(8)5(6)9/h4,10H,1-3,7-8H2/t4-,6-/m1/s1. The molecule has 10 heavy (non-hydrogen) atoms. The first-order valence-electron chi connectivity index (χ1n) is 3.56. The lowest BCUT2D eigenvalue weighted by molar-refractivity contribution is -0.134. The minimum absolute atomic E-state index is 0.209. The normalized spacial score (nSPS) is 41.8. The number of hydrogen-bond donors (Lipinski definition) is 2. The van der Waals surface area contributed by atoms with E-state index in [9.17, 15) is 9.90 Å². The molecule has 1 aliphatic carbocycles. The predicted molar refractivity (Wildman–Crippen MR) is 40.3 cm³/mol. The van der Waals surface area contributed by atoms with Crippen LogP contribution in [0.15, 0.2) is 0 Å². The number of carbonyl (C=O) groups excluding carboxylic acids is 1. The monoisotopic (exact) mass is 141 g/mol. The fourth-order valence-corrected chi connectivity index (χ4v) is 1.32. The van der Waals surface area contributed by atoms with Crippen LogP contribution < -0.4 is 5.73 Å². The molecule has 0 unspecified atom stereocenters. The van der Waals surface area contributed by atoms with Crippen LogP contribution >= 0.6 is 0 Å². The zero-order valence-electron chi connectivity index (χ0n) is 6.13. The maximum absolute atomic E-state index is 11.1.